The maximum absolute atomic E-state index is 13.8. The van der Waals surface area contributed by atoms with Gasteiger partial charge >= 0.3 is 0 Å². The number of hydrogen-bond donors (Lipinski definition) is 5. The highest BCUT2D eigenvalue weighted by molar-refractivity contribution is 7.99. The van der Waals surface area contributed by atoms with E-state index in [-0.39, 0.29) is 55.5 Å². The van der Waals surface area contributed by atoms with E-state index in [1.54, 1.807) is 18.9 Å². The third-order valence-electron chi connectivity index (χ3n) is 8.25. The first kappa shape index (κ1) is 29.3. The third-order valence-corrected chi connectivity index (χ3v) is 9.48. The average Bonchev–Trinajstić information content (AvgIpc) is 2.89. The predicted molar refractivity (Wildman–Crippen MR) is 138 cm³/mol. The number of nitrogens with one attached hydrogen (secondary N) is 4. The van der Waals surface area contributed by atoms with Crippen molar-refractivity contribution in [2.75, 3.05) is 26.6 Å². The lowest BCUT2D eigenvalue weighted by atomic mass is 9.60. The standard InChI is InChI=1S/C24H40ClFN4O6S/c1-34-20-10-21(28-22(27-20)37-2)36-13-19(33)30-24-7-5-23(6-8-24,11-17(24)31)29-18(32)12-35-14-3-4-15(25)16(26)9-14/h14-17,20-22,27-28,31H,3-13H2,1-2H3,(H,29,32)(H,30,33)/t14?,15?,16?,17-,20?,21?,22?,23?,24?/m0/s1. The van der Waals surface area contributed by atoms with Crippen molar-refractivity contribution in [2.24, 2.45) is 0 Å². The van der Waals surface area contributed by atoms with E-state index in [1.165, 1.54) is 0 Å². The third kappa shape index (κ3) is 7.27. The highest BCUT2D eigenvalue weighted by Gasteiger charge is 2.55. The Morgan fingerprint density at radius 3 is 2.38 bits per heavy atom. The number of methoxy groups -OCH3 is 1. The SMILES string of the molecule is COC1CC(OCC(=O)NC23CCC(NC(=O)COC4CCC(Cl)C(F)C4)(CC2)C[C@@H]3O)NC(SC)N1. The molecule has 4 saturated carbocycles. The van der Waals surface area contributed by atoms with Crippen LogP contribution in [0.3, 0.4) is 0 Å². The molecular formula is C24H40ClFN4O6S. The number of thioether (sulfide) groups is 1. The molecule has 2 bridgehead atoms. The molecule has 6 unspecified atom stereocenters. The van der Waals surface area contributed by atoms with Crippen LogP contribution >= 0.6 is 23.4 Å². The zero-order valence-electron chi connectivity index (χ0n) is 21.5. The Kier molecular flexibility index (Phi) is 9.99. The summed E-state index contributed by atoms with van der Waals surface area (Å²) in [6.07, 6.45) is 3.91. The molecule has 1 saturated heterocycles. The van der Waals surface area contributed by atoms with E-state index in [0.29, 0.717) is 51.4 Å². The van der Waals surface area contributed by atoms with Crippen LogP contribution in [0.5, 0.6) is 0 Å². The minimum Gasteiger partial charge on any atom is -0.391 e. The summed E-state index contributed by atoms with van der Waals surface area (Å²) < 4.78 is 30.7. The summed E-state index contributed by atoms with van der Waals surface area (Å²) in [5.41, 5.74) is -1.29. The molecule has 1 aliphatic heterocycles. The van der Waals surface area contributed by atoms with Gasteiger partial charge in [0.05, 0.1) is 23.1 Å². The van der Waals surface area contributed by atoms with Crippen LogP contribution in [0.1, 0.15) is 57.8 Å². The number of rotatable bonds is 10. The van der Waals surface area contributed by atoms with Crippen LogP contribution in [0.4, 0.5) is 4.39 Å². The Morgan fingerprint density at radius 1 is 1.05 bits per heavy atom. The van der Waals surface area contributed by atoms with Crippen LogP contribution < -0.4 is 21.3 Å². The summed E-state index contributed by atoms with van der Waals surface area (Å²) in [7, 11) is 1.62. The second-order valence-electron chi connectivity index (χ2n) is 10.7. The monoisotopic (exact) mass is 566 g/mol. The molecule has 10 nitrogen and oxygen atoms in total. The van der Waals surface area contributed by atoms with Gasteiger partial charge in [-0.15, -0.1) is 23.4 Å². The van der Waals surface area contributed by atoms with Crippen LogP contribution in [0.2, 0.25) is 0 Å². The lowest BCUT2D eigenvalue weighted by molar-refractivity contribution is -0.143. The van der Waals surface area contributed by atoms with Crippen LogP contribution in [0.25, 0.3) is 0 Å². The van der Waals surface area contributed by atoms with Gasteiger partial charge in [0.1, 0.15) is 37.3 Å². The zero-order chi connectivity index (χ0) is 26.6. The van der Waals surface area contributed by atoms with E-state index in [1.807, 2.05) is 6.26 Å². The number of aliphatic hydroxyl groups excluding tert-OH is 1. The molecule has 0 aromatic rings. The Labute approximate surface area is 226 Å². The number of carbonyl (C=O) groups is 2. The fraction of sp³-hybridized carbons (Fsp3) is 0.917. The van der Waals surface area contributed by atoms with Crippen LogP contribution in [-0.4, -0.2) is 96.3 Å². The number of amides is 2. The molecule has 2 amide bonds. The number of carbonyl (C=O) groups excluding carboxylic acids is 2. The van der Waals surface area contributed by atoms with Gasteiger partial charge in [-0.25, -0.2) is 4.39 Å². The fourth-order valence-corrected chi connectivity index (χ4v) is 6.81. The second-order valence-corrected chi connectivity index (χ2v) is 12.2. The predicted octanol–water partition coefficient (Wildman–Crippen LogP) is 1.09. The van der Waals surface area contributed by atoms with E-state index in [2.05, 4.69) is 21.3 Å². The summed E-state index contributed by atoms with van der Waals surface area (Å²) in [5, 5.41) is 23.1. The van der Waals surface area contributed by atoms with Crippen LogP contribution in [-0.2, 0) is 23.8 Å². The number of hydrogen-bond acceptors (Lipinski definition) is 9. The number of alkyl halides is 2. The van der Waals surface area contributed by atoms with Gasteiger partial charge in [-0.05, 0) is 51.2 Å². The first-order valence-electron chi connectivity index (χ1n) is 13.0. The van der Waals surface area contributed by atoms with Gasteiger partial charge in [-0.1, -0.05) is 0 Å². The highest BCUT2D eigenvalue weighted by Crippen LogP contribution is 2.47. The van der Waals surface area contributed by atoms with Crippen molar-refractivity contribution in [3.05, 3.63) is 0 Å². The lowest BCUT2D eigenvalue weighted by Gasteiger charge is -2.56. The Bertz CT molecular complexity index is 795. The fourth-order valence-electron chi connectivity index (χ4n) is 6.00. The summed E-state index contributed by atoms with van der Waals surface area (Å²) in [6.45, 7) is -0.276. The largest absolute Gasteiger partial charge is 0.391 e. The number of aliphatic hydroxyl groups is 1. The number of ether oxygens (including phenoxy) is 3. The Morgan fingerprint density at radius 2 is 1.73 bits per heavy atom. The molecule has 5 N–H and O–H groups in total. The molecule has 13 heteroatoms. The van der Waals surface area contributed by atoms with Crippen molar-refractivity contribution in [1.82, 2.24) is 21.3 Å². The Hall–Kier alpha value is -0.730. The van der Waals surface area contributed by atoms with Gasteiger partial charge in [0, 0.05) is 25.5 Å². The van der Waals surface area contributed by atoms with E-state index in [0.717, 1.165) is 0 Å². The van der Waals surface area contributed by atoms with Gasteiger partial charge in [-0.3, -0.25) is 20.2 Å². The van der Waals surface area contributed by atoms with Crippen molar-refractivity contribution >= 4 is 35.2 Å². The molecule has 0 spiro atoms. The van der Waals surface area contributed by atoms with E-state index >= 15 is 0 Å². The van der Waals surface area contributed by atoms with Crippen LogP contribution in [0.15, 0.2) is 0 Å². The zero-order valence-corrected chi connectivity index (χ0v) is 23.0. The molecule has 0 aromatic carbocycles. The van der Waals surface area contributed by atoms with Crippen molar-refractivity contribution in [3.8, 4) is 0 Å². The number of halogens is 2. The van der Waals surface area contributed by atoms with Gasteiger partial charge < -0.3 is 30.0 Å². The maximum Gasteiger partial charge on any atom is 0.246 e. The lowest BCUT2D eigenvalue weighted by Crippen LogP contribution is -2.70. The molecule has 7 atom stereocenters. The average molecular weight is 567 g/mol. The van der Waals surface area contributed by atoms with Gasteiger partial charge in [0.15, 0.2) is 0 Å². The molecule has 4 aliphatic carbocycles. The van der Waals surface area contributed by atoms with Gasteiger partial charge in [-0.2, -0.15) is 0 Å². The quantitative estimate of drug-likeness (QED) is 0.247. The molecule has 5 fully saturated rings. The van der Waals surface area contributed by atoms with Crippen molar-refractivity contribution < 1.29 is 33.3 Å². The minimum absolute atomic E-state index is 0.0427. The van der Waals surface area contributed by atoms with E-state index in [4.69, 9.17) is 25.8 Å². The Balaban J connectivity index is 1.21. The molecule has 0 radical (unpaired) electrons. The molecule has 5 rings (SSSR count). The topological polar surface area (TPSA) is 130 Å². The highest BCUT2D eigenvalue weighted by atomic mass is 35.5. The smallest absolute Gasteiger partial charge is 0.246 e. The van der Waals surface area contributed by atoms with Crippen molar-refractivity contribution in [2.45, 2.75) is 111 Å². The molecule has 212 valence electrons. The summed E-state index contributed by atoms with van der Waals surface area (Å²) in [6, 6.07) is 0. The molecule has 5 aliphatic rings. The first-order chi connectivity index (χ1) is 17.7. The normalized spacial score (nSPS) is 41.8. The maximum atomic E-state index is 13.8. The summed E-state index contributed by atoms with van der Waals surface area (Å²) in [5.74, 6) is -0.548. The molecule has 1 heterocycles. The molecule has 0 aromatic heterocycles. The van der Waals surface area contributed by atoms with Gasteiger partial charge in [0.2, 0.25) is 11.8 Å². The number of fused-ring (bicyclic) bond motifs is 3. The van der Waals surface area contributed by atoms with E-state index < -0.39 is 28.7 Å². The van der Waals surface area contributed by atoms with Crippen molar-refractivity contribution in [3.63, 3.8) is 0 Å². The molecular weight excluding hydrogens is 527 g/mol. The van der Waals surface area contributed by atoms with Crippen molar-refractivity contribution in [1.29, 1.82) is 0 Å². The van der Waals surface area contributed by atoms with E-state index in [9.17, 15) is 19.1 Å². The first-order valence-corrected chi connectivity index (χ1v) is 14.8. The molecule has 37 heavy (non-hydrogen) atoms. The van der Waals surface area contributed by atoms with Gasteiger partial charge in [0.25, 0.3) is 0 Å². The summed E-state index contributed by atoms with van der Waals surface area (Å²) >= 11 is 7.50. The second kappa shape index (κ2) is 12.6. The van der Waals surface area contributed by atoms with Crippen LogP contribution in [0, 0.1) is 0 Å². The minimum atomic E-state index is -1.12. The summed E-state index contributed by atoms with van der Waals surface area (Å²) in [4.78, 5) is 25.4.